The van der Waals surface area contributed by atoms with Crippen molar-refractivity contribution in [3.05, 3.63) is 17.5 Å². The number of carbonyl (C=O) groups excluding carboxylic acids is 1. The van der Waals surface area contributed by atoms with Crippen LogP contribution in [-0.4, -0.2) is 28.3 Å². The van der Waals surface area contributed by atoms with Crippen LogP contribution < -0.4 is 11.1 Å². The number of aryl methyl sites for hydroxylation is 2. The van der Waals surface area contributed by atoms with Gasteiger partial charge in [0.2, 0.25) is 0 Å². The van der Waals surface area contributed by atoms with Gasteiger partial charge in [-0.3, -0.25) is 9.48 Å². The number of rotatable bonds is 5. The van der Waals surface area contributed by atoms with E-state index >= 15 is 0 Å². The lowest BCUT2D eigenvalue weighted by Gasteiger charge is -2.15. The average molecular weight is 224 g/mol. The van der Waals surface area contributed by atoms with E-state index in [0.717, 1.165) is 18.5 Å². The quantitative estimate of drug-likeness (QED) is 0.768. The van der Waals surface area contributed by atoms with Crippen molar-refractivity contribution in [1.29, 1.82) is 0 Å². The normalized spacial score (nSPS) is 12.5. The molecule has 0 radical (unpaired) electrons. The van der Waals surface area contributed by atoms with Crippen molar-refractivity contribution in [2.45, 2.75) is 32.7 Å². The second-order valence-corrected chi connectivity index (χ2v) is 3.96. The highest BCUT2D eigenvalue weighted by Crippen LogP contribution is 2.06. The minimum absolute atomic E-state index is 0.0640. The number of nitrogens with zero attached hydrogens (tertiary/aromatic N) is 2. The molecule has 16 heavy (non-hydrogen) atoms. The second-order valence-electron chi connectivity index (χ2n) is 3.96. The van der Waals surface area contributed by atoms with Gasteiger partial charge in [-0.2, -0.15) is 5.10 Å². The molecule has 90 valence electrons. The van der Waals surface area contributed by atoms with E-state index in [1.54, 1.807) is 17.9 Å². The molecule has 1 aromatic rings. The minimum Gasteiger partial charge on any atom is -0.349 e. The third kappa shape index (κ3) is 3.06. The number of nitrogens with one attached hydrogen (secondary N) is 1. The highest BCUT2D eigenvalue weighted by atomic mass is 16.1. The van der Waals surface area contributed by atoms with Crippen molar-refractivity contribution < 1.29 is 4.79 Å². The van der Waals surface area contributed by atoms with Crippen LogP contribution in [0, 0.1) is 6.92 Å². The Kier molecular flexibility index (Phi) is 4.49. The summed E-state index contributed by atoms with van der Waals surface area (Å²) in [5.74, 6) is -0.0640. The van der Waals surface area contributed by atoms with E-state index in [1.165, 1.54) is 0 Å². The summed E-state index contributed by atoms with van der Waals surface area (Å²) in [5.41, 5.74) is 6.88. The van der Waals surface area contributed by atoms with E-state index in [-0.39, 0.29) is 11.9 Å². The number of amides is 1. The third-order valence-corrected chi connectivity index (χ3v) is 2.60. The van der Waals surface area contributed by atoms with Crippen LogP contribution in [0.2, 0.25) is 0 Å². The summed E-state index contributed by atoms with van der Waals surface area (Å²) in [5, 5.41) is 7.11. The lowest BCUT2D eigenvalue weighted by atomic mass is 10.1. The van der Waals surface area contributed by atoms with Crippen LogP contribution in [0.25, 0.3) is 0 Å². The van der Waals surface area contributed by atoms with E-state index in [0.29, 0.717) is 12.1 Å². The summed E-state index contributed by atoms with van der Waals surface area (Å²) in [6, 6.07) is 0.150. The van der Waals surface area contributed by atoms with Gasteiger partial charge >= 0.3 is 0 Å². The summed E-state index contributed by atoms with van der Waals surface area (Å²) in [7, 11) is 1.81. The zero-order valence-corrected chi connectivity index (χ0v) is 10.2. The molecule has 1 aromatic heterocycles. The zero-order valence-electron chi connectivity index (χ0n) is 10.2. The molecule has 0 aliphatic carbocycles. The molecule has 0 aliphatic heterocycles. The van der Waals surface area contributed by atoms with Crippen molar-refractivity contribution in [3.63, 3.8) is 0 Å². The lowest BCUT2D eigenvalue weighted by molar-refractivity contribution is 0.0934. The molecule has 0 aliphatic rings. The van der Waals surface area contributed by atoms with E-state index in [4.69, 9.17) is 5.73 Å². The van der Waals surface area contributed by atoms with Gasteiger partial charge in [0.25, 0.3) is 5.91 Å². The fourth-order valence-electron chi connectivity index (χ4n) is 1.67. The summed E-state index contributed by atoms with van der Waals surface area (Å²) >= 11 is 0. The monoisotopic (exact) mass is 224 g/mol. The van der Waals surface area contributed by atoms with Crippen LogP contribution in [-0.2, 0) is 7.05 Å². The maximum atomic E-state index is 11.9. The first-order chi connectivity index (χ1) is 7.58. The van der Waals surface area contributed by atoms with Crippen LogP contribution >= 0.6 is 0 Å². The van der Waals surface area contributed by atoms with Gasteiger partial charge in [-0.1, -0.05) is 6.92 Å². The molecule has 0 spiro atoms. The first kappa shape index (κ1) is 12.7. The Morgan fingerprint density at radius 1 is 1.69 bits per heavy atom. The van der Waals surface area contributed by atoms with Gasteiger partial charge in [0.15, 0.2) is 0 Å². The third-order valence-electron chi connectivity index (χ3n) is 2.60. The smallest absolute Gasteiger partial charge is 0.254 e. The highest BCUT2D eigenvalue weighted by molar-refractivity contribution is 5.95. The Hall–Kier alpha value is -1.36. The van der Waals surface area contributed by atoms with Crippen molar-refractivity contribution >= 4 is 5.91 Å². The molecule has 5 nitrogen and oxygen atoms in total. The van der Waals surface area contributed by atoms with Gasteiger partial charge in [-0.15, -0.1) is 0 Å². The van der Waals surface area contributed by atoms with Gasteiger partial charge in [-0.05, 0) is 26.3 Å². The van der Waals surface area contributed by atoms with Crippen LogP contribution in [0.5, 0.6) is 0 Å². The minimum atomic E-state index is -0.0640. The van der Waals surface area contributed by atoms with Gasteiger partial charge in [0.05, 0.1) is 11.3 Å². The highest BCUT2D eigenvalue weighted by Gasteiger charge is 2.15. The maximum absolute atomic E-state index is 11.9. The first-order valence-corrected chi connectivity index (χ1v) is 5.59. The number of hydrogen-bond donors (Lipinski definition) is 2. The van der Waals surface area contributed by atoms with Crippen LogP contribution in [0.15, 0.2) is 6.20 Å². The van der Waals surface area contributed by atoms with Crippen LogP contribution in [0.1, 0.15) is 35.8 Å². The molecule has 1 atom stereocenters. The molecule has 0 saturated carbocycles. The molecule has 1 rings (SSSR count). The molecule has 0 fully saturated rings. The Morgan fingerprint density at radius 2 is 2.38 bits per heavy atom. The summed E-state index contributed by atoms with van der Waals surface area (Å²) in [6.07, 6.45) is 3.43. The predicted molar refractivity (Wildman–Crippen MR) is 63.2 cm³/mol. The van der Waals surface area contributed by atoms with Crippen molar-refractivity contribution in [2.24, 2.45) is 12.8 Å². The molecule has 1 unspecified atom stereocenters. The van der Waals surface area contributed by atoms with Crippen molar-refractivity contribution in [2.75, 3.05) is 6.54 Å². The Labute approximate surface area is 96.0 Å². The van der Waals surface area contributed by atoms with Gasteiger partial charge < -0.3 is 11.1 Å². The van der Waals surface area contributed by atoms with Gasteiger partial charge in [0, 0.05) is 19.3 Å². The summed E-state index contributed by atoms with van der Waals surface area (Å²) in [4.78, 5) is 11.9. The standard InChI is InChI=1S/C11H20N4O/c1-4-9(5-6-12)13-11(16)10-7-15(3)14-8(10)2/h7,9H,4-6,12H2,1-3H3,(H,13,16). The zero-order chi connectivity index (χ0) is 12.1. The van der Waals surface area contributed by atoms with E-state index in [9.17, 15) is 4.79 Å². The largest absolute Gasteiger partial charge is 0.349 e. The Morgan fingerprint density at radius 3 is 2.81 bits per heavy atom. The fraction of sp³-hybridized carbons (Fsp3) is 0.636. The predicted octanol–water partition coefficient (Wildman–Crippen LogP) is 0.586. The molecule has 5 heteroatoms. The number of aromatic nitrogens is 2. The molecule has 1 amide bonds. The van der Waals surface area contributed by atoms with Gasteiger partial charge in [0.1, 0.15) is 0 Å². The molecule has 0 bridgehead atoms. The molecule has 0 aromatic carbocycles. The summed E-state index contributed by atoms with van der Waals surface area (Å²) in [6.45, 7) is 4.46. The Balaban J connectivity index is 2.67. The number of carbonyl (C=O) groups is 1. The second kappa shape index (κ2) is 5.65. The lowest BCUT2D eigenvalue weighted by Crippen LogP contribution is -2.36. The van der Waals surface area contributed by atoms with E-state index in [2.05, 4.69) is 10.4 Å². The number of nitrogens with two attached hydrogens (primary N) is 1. The molecule has 1 heterocycles. The summed E-state index contributed by atoms with van der Waals surface area (Å²) < 4.78 is 1.65. The molecular weight excluding hydrogens is 204 g/mol. The van der Waals surface area contributed by atoms with E-state index in [1.807, 2.05) is 13.8 Å². The fourth-order valence-corrected chi connectivity index (χ4v) is 1.67. The van der Waals surface area contributed by atoms with Gasteiger partial charge in [-0.25, -0.2) is 0 Å². The van der Waals surface area contributed by atoms with Crippen LogP contribution in [0.3, 0.4) is 0 Å². The molecule has 3 N–H and O–H groups in total. The molecular formula is C11H20N4O. The number of hydrogen-bond acceptors (Lipinski definition) is 3. The van der Waals surface area contributed by atoms with Crippen molar-refractivity contribution in [1.82, 2.24) is 15.1 Å². The Bertz CT molecular complexity index is 359. The van der Waals surface area contributed by atoms with Crippen LogP contribution in [0.4, 0.5) is 0 Å². The topological polar surface area (TPSA) is 72.9 Å². The first-order valence-electron chi connectivity index (χ1n) is 5.59. The average Bonchev–Trinajstić information content (AvgIpc) is 2.57. The van der Waals surface area contributed by atoms with Crippen molar-refractivity contribution in [3.8, 4) is 0 Å². The van der Waals surface area contributed by atoms with E-state index < -0.39 is 0 Å². The maximum Gasteiger partial charge on any atom is 0.254 e. The molecule has 0 saturated heterocycles. The SMILES string of the molecule is CCC(CCN)NC(=O)c1cn(C)nc1C.